The van der Waals surface area contributed by atoms with Crippen molar-refractivity contribution in [2.45, 2.75) is 13.5 Å². The number of aromatic hydroxyl groups is 1. The molecule has 0 aliphatic heterocycles. The summed E-state index contributed by atoms with van der Waals surface area (Å²) in [7, 11) is 0. The SMILES string of the molecule is CCn1c2ccccc2c2nnc(N/N=C\c3cccc(Cl)c3O)nc21. The van der Waals surface area contributed by atoms with Crippen molar-refractivity contribution in [1.82, 2.24) is 19.7 Å². The zero-order valence-electron chi connectivity index (χ0n) is 13.9. The number of aryl methyl sites for hydroxylation is 1. The Morgan fingerprint density at radius 3 is 2.88 bits per heavy atom. The van der Waals surface area contributed by atoms with Gasteiger partial charge in [0.25, 0.3) is 5.95 Å². The summed E-state index contributed by atoms with van der Waals surface area (Å²) in [6, 6.07) is 13.0. The molecule has 0 saturated carbocycles. The molecule has 2 N–H and O–H groups in total. The number of benzene rings is 2. The van der Waals surface area contributed by atoms with Crippen LogP contribution in [0.15, 0.2) is 47.6 Å². The number of hydrazone groups is 1. The number of aromatic nitrogens is 4. The minimum Gasteiger partial charge on any atom is -0.506 e. The van der Waals surface area contributed by atoms with Gasteiger partial charge in [0.1, 0.15) is 11.3 Å². The molecule has 0 aliphatic carbocycles. The molecular weight excluding hydrogens is 352 g/mol. The number of halogens is 1. The van der Waals surface area contributed by atoms with Crippen molar-refractivity contribution >= 4 is 45.8 Å². The number of rotatable bonds is 4. The molecule has 0 atom stereocenters. The van der Waals surface area contributed by atoms with E-state index in [9.17, 15) is 5.11 Å². The molecule has 2 aromatic heterocycles. The van der Waals surface area contributed by atoms with E-state index in [-0.39, 0.29) is 16.7 Å². The summed E-state index contributed by atoms with van der Waals surface area (Å²) in [4.78, 5) is 4.53. The van der Waals surface area contributed by atoms with Crippen LogP contribution in [0.2, 0.25) is 5.02 Å². The maximum atomic E-state index is 9.89. The maximum Gasteiger partial charge on any atom is 0.265 e. The Kier molecular flexibility index (Phi) is 4.14. The second-order valence-corrected chi connectivity index (χ2v) is 6.02. The van der Waals surface area contributed by atoms with Crippen molar-refractivity contribution < 1.29 is 5.11 Å². The molecule has 4 rings (SSSR count). The van der Waals surface area contributed by atoms with E-state index < -0.39 is 0 Å². The topological polar surface area (TPSA) is 88.2 Å². The van der Waals surface area contributed by atoms with Crippen LogP contribution < -0.4 is 5.43 Å². The van der Waals surface area contributed by atoms with Gasteiger partial charge in [-0.15, -0.1) is 10.2 Å². The van der Waals surface area contributed by atoms with E-state index in [1.54, 1.807) is 18.2 Å². The van der Waals surface area contributed by atoms with Gasteiger partial charge in [0.2, 0.25) is 0 Å². The lowest BCUT2D eigenvalue weighted by Gasteiger charge is -2.03. The lowest BCUT2D eigenvalue weighted by molar-refractivity contribution is 0.475. The van der Waals surface area contributed by atoms with Crippen LogP contribution in [0.1, 0.15) is 12.5 Å². The number of nitrogens with one attached hydrogen (secondary N) is 1. The minimum atomic E-state index is -0.0275. The van der Waals surface area contributed by atoms with Gasteiger partial charge in [-0.1, -0.05) is 35.9 Å². The summed E-state index contributed by atoms with van der Waals surface area (Å²) in [5, 5.41) is 23.6. The predicted molar refractivity (Wildman–Crippen MR) is 103 cm³/mol. The molecule has 130 valence electrons. The average molecular weight is 367 g/mol. The number of nitrogens with zero attached hydrogens (tertiary/aromatic N) is 5. The minimum absolute atomic E-state index is 0.0275. The number of hydrogen-bond donors (Lipinski definition) is 2. The van der Waals surface area contributed by atoms with Crippen LogP contribution in [-0.4, -0.2) is 31.1 Å². The van der Waals surface area contributed by atoms with Crippen molar-refractivity contribution in [3.63, 3.8) is 0 Å². The Hall–Kier alpha value is -3.19. The second-order valence-electron chi connectivity index (χ2n) is 5.62. The van der Waals surface area contributed by atoms with Crippen molar-refractivity contribution in [2.24, 2.45) is 5.10 Å². The first-order valence-corrected chi connectivity index (χ1v) is 8.45. The highest BCUT2D eigenvalue weighted by Gasteiger charge is 2.13. The molecule has 0 fully saturated rings. The summed E-state index contributed by atoms with van der Waals surface area (Å²) in [6.07, 6.45) is 1.45. The molecule has 0 unspecified atom stereocenters. The van der Waals surface area contributed by atoms with Crippen LogP contribution in [-0.2, 0) is 6.54 Å². The molecule has 2 heterocycles. The van der Waals surface area contributed by atoms with Crippen LogP contribution in [0.3, 0.4) is 0 Å². The summed E-state index contributed by atoms with van der Waals surface area (Å²) < 4.78 is 2.08. The van der Waals surface area contributed by atoms with Gasteiger partial charge >= 0.3 is 0 Å². The lowest BCUT2D eigenvalue weighted by atomic mass is 10.2. The molecule has 4 aromatic rings. The molecule has 0 radical (unpaired) electrons. The zero-order chi connectivity index (χ0) is 18.1. The average Bonchev–Trinajstić information content (AvgIpc) is 2.98. The Morgan fingerprint density at radius 2 is 2.04 bits per heavy atom. The first kappa shape index (κ1) is 16.3. The Labute approximate surface area is 154 Å². The van der Waals surface area contributed by atoms with E-state index >= 15 is 0 Å². The molecule has 7 nitrogen and oxygen atoms in total. The predicted octanol–water partition coefficient (Wildman–Crippen LogP) is 3.80. The summed E-state index contributed by atoms with van der Waals surface area (Å²) >= 11 is 5.88. The Balaban J connectivity index is 1.68. The molecule has 0 bridgehead atoms. The highest BCUT2D eigenvalue weighted by molar-refractivity contribution is 6.32. The van der Waals surface area contributed by atoms with Crippen molar-refractivity contribution in [2.75, 3.05) is 5.43 Å². The number of anilines is 1. The van der Waals surface area contributed by atoms with Crippen LogP contribution in [0, 0.1) is 0 Å². The highest BCUT2D eigenvalue weighted by atomic mass is 35.5. The van der Waals surface area contributed by atoms with E-state index in [4.69, 9.17) is 11.6 Å². The molecule has 0 amide bonds. The van der Waals surface area contributed by atoms with Crippen molar-refractivity contribution in [3.8, 4) is 5.75 Å². The maximum absolute atomic E-state index is 9.89. The van der Waals surface area contributed by atoms with Gasteiger partial charge in [-0.3, -0.25) is 0 Å². The smallest absolute Gasteiger partial charge is 0.265 e. The number of fused-ring (bicyclic) bond motifs is 3. The molecular formula is C18H15ClN6O. The summed E-state index contributed by atoms with van der Waals surface area (Å²) in [5.41, 5.74) is 5.80. The zero-order valence-corrected chi connectivity index (χ0v) is 14.6. The lowest BCUT2D eigenvalue weighted by Crippen LogP contribution is -2.02. The van der Waals surface area contributed by atoms with Crippen LogP contribution in [0.5, 0.6) is 5.75 Å². The summed E-state index contributed by atoms with van der Waals surface area (Å²) in [6.45, 7) is 2.82. The fourth-order valence-electron chi connectivity index (χ4n) is 2.87. The van der Waals surface area contributed by atoms with Crippen LogP contribution >= 0.6 is 11.6 Å². The van der Waals surface area contributed by atoms with E-state index in [1.165, 1.54) is 6.21 Å². The van der Waals surface area contributed by atoms with Gasteiger partial charge in [-0.2, -0.15) is 10.1 Å². The van der Waals surface area contributed by atoms with Gasteiger partial charge in [-0.05, 0) is 25.1 Å². The number of hydrogen-bond acceptors (Lipinski definition) is 6. The first-order valence-electron chi connectivity index (χ1n) is 8.07. The third-order valence-electron chi connectivity index (χ3n) is 4.08. The van der Waals surface area contributed by atoms with E-state index in [0.29, 0.717) is 5.56 Å². The number of phenolic OH excluding ortho intramolecular Hbond substituents is 1. The monoisotopic (exact) mass is 366 g/mol. The molecule has 0 aliphatic rings. The fraction of sp³-hybridized carbons (Fsp3) is 0.111. The number of phenols is 1. The van der Waals surface area contributed by atoms with Crippen LogP contribution in [0.4, 0.5) is 5.95 Å². The van der Waals surface area contributed by atoms with E-state index in [0.717, 1.165) is 28.6 Å². The molecule has 8 heteroatoms. The molecule has 2 aromatic carbocycles. The van der Waals surface area contributed by atoms with Gasteiger partial charge < -0.3 is 9.67 Å². The molecule has 26 heavy (non-hydrogen) atoms. The van der Waals surface area contributed by atoms with Crippen molar-refractivity contribution in [1.29, 1.82) is 0 Å². The fourth-order valence-corrected chi connectivity index (χ4v) is 3.05. The highest BCUT2D eigenvalue weighted by Crippen LogP contribution is 2.27. The van der Waals surface area contributed by atoms with Crippen molar-refractivity contribution in [3.05, 3.63) is 53.1 Å². The quantitative estimate of drug-likeness (QED) is 0.423. The van der Waals surface area contributed by atoms with E-state index in [2.05, 4.69) is 37.2 Å². The van der Waals surface area contributed by atoms with Crippen LogP contribution in [0.25, 0.3) is 22.1 Å². The normalized spacial score (nSPS) is 11.6. The van der Waals surface area contributed by atoms with E-state index in [1.807, 2.05) is 24.3 Å². The number of para-hydroxylation sites is 2. The van der Waals surface area contributed by atoms with Gasteiger partial charge in [0, 0.05) is 17.5 Å². The third kappa shape index (κ3) is 2.72. The largest absolute Gasteiger partial charge is 0.506 e. The first-order chi connectivity index (χ1) is 12.7. The summed E-state index contributed by atoms with van der Waals surface area (Å²) in [5.74, 6) is 0.244. The van der Waals surface area contributed by atoms with Gasteiger partial charge in [-0.25, -0.2) is 5.43 Å². The standard InChI is InChI=1S/C18H15ClN6O/c1-2-25-14-9-4-3-7-12(14)15-17(25)21-18(24-22-15)23-20-10-11-6-5-8-13(19)16(11)26/h3-10,26H,2H2,1H3,(H,21,23,24)/b20-10-. The second kappa shape index (κ2) is 6.61. The third-order valence-corrected chi connectivity index (χ3v) is 4.38. The Bertz CT molecular complexity index is 1140. The Morgan fingerprint density at radius 1 is 1.19 bits per heavy atom. The molecule has 0 saturated heterocycles. The van der Waals surface area contributed by atoms with Gasteiger partial charge in [0.05, 0.1) is 16.8 Å². The molecule has 0 spiro atoms. The van der Waals surface area contributed by atoms with Gasteiger partial charge in [0.15, 0.2) is 5.65 Å².